The summed E-state index contributed by atoms with van der Waals surface area (Å²) in [5, 5.41) is 0. The molecule has 1 unspecified atom stereocenters. The summed E-state index contributed by atoms with van der Waals surface area (Å²) in [6.45, 7) is 10.7. The standard InChI is InChI=1S/C13H21BrN2O2/c1-6-15-11(9(2)14)10-7-16(8-10)12(17)18-13(3,4)5/h6,9H,7-8H2,1-5H3. The van der Waals surface area contributed by atoms with Crippen LogP contribution in [-0.2, 0) is 4.74 Å². The highest BCUT2D eigenvalue weighted by atomic mass is 79.9. The maximum Gasteiger partial charge on any atom is 0.410 e. The lowest BCUT2D eigenvalue weighted by molar-refractivity contribution is 0.0212. The number of alkyl halides is 1. The summed E-state index contributed by atoms with van der Waals surface area (Å²) < 4.78 is 5.30. The minimum absolute atomic E-state index is 0.199. The van der Waals surface area contributed by atoms with Crippen LogP contribution in [0.3, 0.4) is 0 Å². The molecule has 1 aliphatic heterocycles. The van der Waals surface area contributed by atoms with Crippen molar-refractivity contribution in [2.24, 2.45) is 4.99 Å². The molecule has 0 bridgehead atoms. The van der Waals surface area contributed by atoms with Gasteiger partial charge in [-0.3, -0.25) is 9.89 Å². The van der Waals surface area contributed by atoms with Crippen molar-refractivity contribution in [1.82, 2.24) is 4.90 Å². The number of nitrogens with zero attached hydrogens (tertiary/aromatic N) is 2. The Morgan fingerprint density at radius 3 is 2.44 bits per heavy atom. The van der Waals surface area contributed by atoms with Crippen LogP contribution in [-0.4, -0.2) is 40.7 Å². The lowest BCUT2D eigenvalue weighted by Gasteiger charge is -2.36. The van der Waals surface area contributed by atoms with Gasteiger partial charge in [-0.1, -0.05) is 15.9 Å². The van der Waals surface area contributed by atoms with Gasteiger partial charge in [-0.05, 0) is 40.2 Å². The fourth-order valence-electron chi connectivity index (χ4n) is 1.65. The summed E-state index contributed by atoms with van der Waals surface area (Å²) in [6, 6.07) is 0. The van der Waals surface area contributed by atoms with E-state index >= 15 is 0 Å². The van der Waals surface area contributed by atoms with Gasteiger partial charge in [0.15, 0.2) is 0 Å². The summed E-state index contributed by atoms with van der Waals surface area (Å²) in [4.78, 5) is 18.0. The van der Waals surface area contributed by atoms with Gasteiger partial charge in [-0.2, -0.15) is 0 Å². The number of hydrogen-bond acceptors (Lipinski definition) is 3. The van der Waals surface area contributed by atoms with Crippen LogP contribution in [0.2, 0.25) is 0 Å². The molecule has 18 heavy (non-hydrogen) atoms. The smallest absolute Gasteiger partial charge is 0.410 e. The van der Waals surface area contributed by atoms with Crippen LogP contribution in [0.5, 0.6) is 0 Å². The number of likely N-dealkylation sites (tertiary alicyclic amines) is 1. The molecule has 0 radical (unpaired) electrons. The summed E-state index contributed by atoms with van der Waals surface area (Å²) in [5.41, 5.74) is 1.75. The zero-order valence-electron chi connectivity index (χ0n) is 11.7. The monoisotopic (exact) mass is 316 g/mol. The normalized spacial score (nSPS) is 17.7. The number of rotatable bonds is 2. The number of carbonyl (C=O) groups excluding carboxylic acids is 1. The molecule has 1 saturated heterocycles. The average molecular weight is 317 g/mol. The third kappa shape index (κ3) is 4.12. The number of halogens is 1. The number of carbonyl (C=O) groups is 1. The van der Waals surface area contributed by atoms with Crippen LogP contribution in [0, 0.1) is 0 Å². The van der Waals surface area contributed by atoms with E-state index in [1.165, 1.54) is 5.57 Å². The summed E-state index contributed by atoms with van der Waals surface area (Å²) in [7, 11) is 0. The molecule has 1 amide bonds. The molecule has 1 atom stereocenters. The van der Waals surface area contributed by atoms with E-state index in [1.807, 2.05) is 34.6 Å². The van der Waals surface area contributed by atoms with E-state index in [1.54, 1.807) is 11.1 Å². The molecule has 0 N–H and O–H groups in total. The Morgan fingerprint density at radius 1 is 1.50 bits per heavy atom. The van der Waals surface area contributed by atoms with Crippen molar-refractivity contribution in [3.63, 3.8) is 0 Å². The number of hydrogen-bond donors (Lipinski definition) is 0. The molecule has 5 heteroatoms. The quantitative estimate of drug-likeness (QED) is 0.579. The van der Waals surface area contributed by atoms with Gasteiger partial charge >= 0.3 is 6.09 Å². The molecule has 1 aliphatic rings. The van der Waals surface area contributed by atoms with Gasteiger partial charge in [0.2, 0.25) is 0 Å². The van der Waals surface area contributed by atoms with Crippen molar-refractivity contribution in [3.8, 4) is 0 Å². The zero-order chi connectivity index (χ0) is 13.9. The second-order valence-electron chi connectivity index (χ2n) is 5.33. The van der Waals surface area contributed by atoms with Crippen molar-refractivity contribution < 1.29 is 9.53 Å². The fourth-order valence-corrected chi connectivity index (χ4v) is 2.09. The van der Waals surface area contributed by atoms with E-state index in [4.69, 9.17) is 4.74 Å². The molecule has 0 aromatic rings. The first-order valence-electron chi connectivity index (χ1n) is 6.07. The SMILES string of the molecule is CC=NC(=C1CN(C(=O)OC(C)(C)C)C1)C(C)Br. The molecule has 0 aromatic carbocycles. The predicted octanol–water partition coefficient (Wildman–Crippen LogP) is 3.37. The first-order chi connectivity index (χ1) is 8.24. The third-order valence-corrected chi connectivity index (χ3v) is 2.86. The number of ether oxygens (including phenoxy) is 1. The molecule has 0 spiro atoms. The Hall–Kier alpha value is -0.840. The maximum absolute atomic E-state index is 11.8. The lowest BCUT2D eigenvalue weighted by Crippen LogP contribution is -2.47. The van der Waals surface area contributed by atoms with Gasteiger partial charge in [-0.15, -0.1) is 0 Å². The molecular weight excluding hydrogens is 296 g/mol. The molecule has 1 heterocycles. The van der Waals surface area contributed by atoms with Gasteiger partial charge in [0.25, 0.3) is 0 Å². The van der Waals surface area contributed by atoms with Crippen molar-refractivity contribution >= 4 is 28.2 Å². The fraction of sp³-hybridized carbons (Fsp3) is 0.692. The van der Waals surface area contributed by atoms with Crippen LogP contribution in [0.1, 0.15) is 34.6 Å². The number of allylic oxidation sites excluding steroid dienone is 1. The van der Waals surface area contributed by atoms with Gasteiger partial charge in [-0.25, -0.2) is 4.79 Å². The molecule has 1 fully saturated rings. The Morgan fingerprint density at radius 2 is 2.06 bits per heavy atom. The summed E-state index contributed by atoms with van der Waals surface area (Å²) >= 11 is 3.52. The van der Waals surface area contributed by atoms with Crippen molar-refractivity contribution in [1.29, 1.82) is 0 Å². The van der Waals surface area contributed by atoms with Crippen LogP contribution < -0.4 is 0 Å². The van der Waals surface area contributed by atoms with Crippen LogP contribution in [0.4, 0.5) is 4.79 Å². The molecule has 102 valence electrons. The van der Waals surface area contributed by atoms with Crippen molar-refractivity contribution in [2.75, 3.05) is 13.1 Å². The van der Waals surface area contributed by atoms with Crippen LogP contribution >= 0.6 is 15.9 Å². The van der Waals surface area contributed by atoms with Gasteiger partial charge in [0.05, 0.1) is 10.5 Å². The highest BCUT2D eigenvalue weighted by Gasteiger charge is 2.32. The molecular formula is C13H21BrN2O2. The Bertz CT molecular complexity index is 373. The van der Waals surface area contributed by atoms with E-state index in [2.05, 4.69) is 20.9 Å². The molecule has 0 aliphatic carbocycles. The lowest BCUT2D eigenvalue weighted by atomic mass is 10.0. The van der Waals surface area contributed by atoms with Gasteiger partial charge in [0.1, 0.15) is 5.60 Å². The Balaban J connectivity index is 2.62. The van der Waals surface area contributed by atoms with Gasteiger partial charge < -0.3 is 4.74 Å². The molecule has 4 nitrogen and oxygen atoms in total. The van der Waals surface area contributed by atoms with Crippen LogP contribution in [0.15, 0.2) is 16.3 Å². The van der Waals surface area contributed by atoms with E-state index < -0.39 is 5.60 Å². The number of aliphatic imine (C=N–C) groups is 1. The Labute approximate surface area is 117 Å². The highest BCUT2D eigenvalue weighted by molar-refractivity contribution is 9.09. The zero-order valence-corrected chi connectivity index (χ0v) is 13.2. The Kier molecular flexibility index (Phi) is 4.96. The third-order valence-electron chi connectivity index (χ3n) is 2.42. The topological polar surface area (TPSA) is 41.9 Å². The first-order valence-corrected chi connectivity index (χ1v) is 6.98. The van der Waals surface area contributed by atoms with E-state index in [-0.39, 0.29) is 10.9 Å². The second kappa shape index (κ2) is 5.87. The van der Waals surface area contributed by atoms with E-state index in [0.29, 0.717) is 13.1 Å². The molecule has 1 rings (SSSR count). The number of amides is 1. The van der Waals surface area contributed by atoms with E-state index in [9.17, 15) is 4.79 Å². The van der Waals surface area contributed by atoms with Crippen molar-refractivity contribution in [3.05, 3.63) is 11.3 Å². The molecule has 0 saturated carbocycles. The minimum atomic E-state index is -0.441. The molecule has 0 aromatic heterocycles. The minimum Gasteiger partial charge on any atom is -0.444 e. The van der Waals surface area contributed by atoms with Crippen molar-refractivity contribution in [2.45, 2.75) is 45.0 Å². The van der Waals surface area contributed by atoms with Gasteiger partial charge in [0, 0.05) is 19.3 Å². The summed E-state index contributed by atoms with van der Waals surface area (Å²) in [5.74, 6) is 0. The van der Waals surface area contributed by atoms with E-state index in [0.717, 1.165) is 5.70 Å². The predicted molar refractivity (Wildman–Crippen MR) is 77.4 cm³/mol. The highest BCUT2D eigenvalue weighted by Crippen LogP contribution is 2.26. The summed E-state index contributed by atoms with van der Waals surface area (Å²) in [6.07, 6.45) is 1.52. The largest absolute Gasteiger partial charge is 0.444 e. The van der Waals surface area contributed by atoms with Crippen LogP contribution in [0.25, 0.3) is 0 Å². The average Bonchev–Trinajstić information content (AvgIpc) is 2.10. The first kappa shape index (κ1) is 15.2. The second-order valence-corrected chi connectivity index (χ2v) is 6.70. The maximum atomic E-state index is 11.8.